The molecule has 1 saturated heterocycles. The zero-order chi connectivity index (χ0) is 26.0. The van der Waals surface area contributed by atoms with Crippen molar-refractivity contribution in [2.75, 3.05) is 36.8 Å². The molecule has 1 fully saturated rings. The monoisotopic (exact) mass is 548 g/mol. The summed E-state index contributed by atoms with van der Waals surface area (Å²) in [4.78, 5) is 29.3. The molecule has 0 unspecified atom stereocenters. The SMILES string of the molecule is Cn1nc(C(C)(C)C)cc1NC(=O)Nc1ccc(CN2CCN(C(=O)c3cc(Cl)sc3Cl)CC2)cc1. The second-order valence-corrected chi connectivity index (χ2v) is 12.2. The van der Waals surface area contributed by atoms with Gasteiger partial charge in [-0.1, -0.05) is 56.1 Å². The van der Waals surface area contributed by atoms with Crippen LogP contribution in [0, 0.1) is 0 Å². The zero-order valence-corrected chi connectivity index (χ0v) is 23.1. The van der Waals surface area contributed by atoms with Gasteiger partial charge in [-0.2, -0.15) is 5.10 Å². The largest absolute Gasteiger partial charge is 0.336 e. The van der Waals surface area contributed by atoms with Crippen molar-refractivity contribution in [2.45, 2.75) is 32.7 Å². The van der Waals surface area contributed by atoms with Gasteiger partial charge in [0.05, 0.1) is 15.6 Å². The highest BCUT2D eigenvalue weighted by Gasteiger charge is 2.25. The molecule has 1 aliphatic heterocycles. The van der Waals surface area contributed by atoms with Crippen molar-refractivity contribution >= 4 is 58.0 Å². The van der Waals surface area contributed by atoms with E-state index >= 15 is 0 Å². The van der Waals surface area contributed by atoms with Crippen LogP contribution in [0.25, 0.3) is 0 Å². The molecule has 1 aromatic carbocycles. The number of nitrogens with zero attached hydrogens (tertiary/aromatic N) is 4. The number of nitrogens with one attached hydrogen (secondary N) is 2. The van der Waals surface area contributed by atoms with E-state index in [0.717, 1.165) is 30.9 Å². The summed E-state index contributed by atoms with van der Waals surface area (Å²) in [6, 6.07) is 11.0. The third kappa shape index (κ3) is 6.39. The van der Waals surface area contributed by atoms with Gasteiger partial charge in [-0.05, 0) is 23.8 Å². The first-order chi connectivity index (χ1) is 17.0. The van der Waals surface area contributed by atoms with E-state index in [4.69, 9.17) is 23.2 Å². The van der Waals surface area contributed by atoms with Gasteiger partial charge in [0.2, 0.25) is 0 Å². The lowest BCUT2D eigenvalue weighted by Crippen LogP contribution is -2.48. The van der Waals surface area contributed by atoms with Crippen molar-refractivity contribution in [3.8, 4) is 0 Å². The van der Waals surface area contributed by atoms with E-state index in [1.54, 1.807) is 10.7 Å². The van der Waals surface area contributed by atoms with Gasteiger partial charge in [0.25, 0.3) is 5.91 Å². The van der Waals surface area contributed by atoms with Crippen molar-refractivity contribution in [1.82, 2.24) is 19.6 Å². The lowest BCUT2D eigenvalue weighted by molar-refractivity contribution is 0.0629. The number of aromatic nitrogens is 2. The molecule has 2 aromatic heterocycles. The number of carbonyl (C=O) groups excluding carboxylic acids is 2. The fraction of sp³-hybridized carbons (Fsp3) is 0.400. The van der Waals surface area contributed by atoms with Crippen LogP contribution in [0.3, 0.4) is 0 Å². The van der Waals surface area contributed by atoms with Crippen LogP contribution in [0.2, 0.25) is 8.67 Å². The third-order valence-corrected chi connectivity index (χ3v) is 7.54. The molecule has 11 heteroatoms. The number of carbonyl (C=O) groups is 2. The summed E-state index contributed by atoms with van der Waals surface area (Å²) in [6.45, 7) is 9.81. The highest BCUT2D eigenvalue weighted by Crippen LogP contribution is 2.32. The van der Waals surface area contributed by atoms with Gasteiger partial charge in [0.15, 0.2) is 0 Å². The van der Waals surface area contributed by atoms with E-state index in [9.17, 15) is 9.59 Å². The molecule has 3 aromatic rings. The summed E-state index contributed by atoms with van der Waals surface area (Å²) in [5, 5.41) is 10.2. The molecule has 36 heavy (non-hydrogen) atoms. The van der Waals surface area contributed by atoms with Crippen LogP contribution >= 0.6 is 34.5 Å². The Kier molecular flexibility index (Phi) is 7.94. The fourth-order valence-corrected chi connectivity index (χ4v) is 5.39. The van der Waals surface area contributed by atoms with Gasteiger partial charge in [0, 0.05) is 56.9 Å². The molecule has 0 atom stereocenters. The Labute approximate surface area is 225 Å². The van der Waals surface area contributed by atoms with Gasteiger partial charge in [-0.3, -0.25) is 19.7 Å². The molecule has 1 aliphatic rings. The predicted octanol–water partition coefficient (Wildman–Crippen LogP) is 5.69. The van der Waals surface area contributed by atoms with Crippen LogP contribution in [0.5, 0.6) is 0 Å². The number of rotatable bonds is 5. The molecule has 4 rings (SSSR count). The molecular weight excluding hydrogens is 519 g/mol. The highest BCUT2D eigenvalue weighted by molar-refractivity contribution is 7.20. The molecule has 0 radical (unpaired) electrons. The first-order valence-corrected chi connectivity index (χ1v) is 13.2. The quantitative estimate of drug-likeness (QED) is 0.429. The predicted molar refractivity (Wildman–Crippen MR) is 147 cm³/mol. The van der Waals surface area contributed by atoms with E-state index in [2.05, 4.69) is 41.4 Å². The smallest absolute Gasteiger partial charge is 0.324 e. The second kappa shape index (κ2) is 10.8. The van der Waals surface area contributed by atoms with Crippen LogP contribution in [0.1, 0.15) is 42.4 Å². The summed E-state index contributed by atoms with van der Waals surface area (Å²) >= 11 is 13.3. The zero-order valence-electron chi connectivity index (χ0n) is 20.8. The van der Waals surface area contributed by atoms with Crippen LogP contribution in [-0.2, 0) is 19.0 Å². The number of aryl methyl sites for hydroxylation is 1. The van der Waals surface area contributed by atoms with Gasteiger partial charge < -0.3 is 10.2 Å². The number of hydrogen-bond donors (Lipinski definition) is 2. The van der Waals surface area contributed by atoms with Crippen LogP contribution in [-0.4, -0.2) is 57.7 Å². The summed E-state index contributed by atoms with van der Waals surface area (Å²) in [5.74, 6) is 0.563. The topological polar surface area (TPSA) is 82.5 Å². The molecule has 192 valence electrons. The Bertz CT molecular complexity index is 1240. The number of amides is 3. The van der Waals surface area contributed by atoms with Gasteiger partial charge in [0.1, 0.15) is 10.2 Å². The number of thiophene rings is 1. The number of urea groups is 1. The van der Waals surface area contributed by atoms with Crippen molar-refractivity contribution in [2.24, 2.45) is 7.05 Å². The first-order valence-electron chi connectivity index (χ1n) is 11.7. The average molecular weight is 550 g/mol. The maximum atomic E-state index is 12.7. The molecule has 3 amide bonds. The maximum absolute atomic E-state index is 12.7. The van der Waals surface area contributed by atoms with Gasteiger partial charge in [-0.15, -0.1) is 11.3 Å². The number of hydrogen-bond acceptors (Lipinski definition) is 5. The summed E-state index contributed by atoms with van der Waals surface area (Å²) in [7, 11) is 1.81. The Morgan fingerprint density at radius 2 is 1.69 bits per heavy atom. The molecule has 0 saturated carbocycles. The summed E-state index contributed by atoms with van der Waals surface area (Å²) in [5.41, 5.74) is 3.13. The normalized spacial score (nSPS) is 14.7. The molecule has 0 aliphatic carbocycles. The molecule has 2 N–H and O–H groups in total. The standard InChI is InChI=1S/C25H30Cl2N6O2S/c1-25(2,3)19-14-21(31(4)30-19)29-24(35)28-17-7-5-16(6-8-17)15-32-9-11-33(12-10-32)23(34)18-13-20(26)36-22(18)27/h5-8,13-14H,9-12,15H2,1-4H3,(H2,28,29,35). The van der Waals surface area contributed by atoms with E-state index < -0.39 is 0 Å². The minimum Gasteiger partial charge on any atom is -0.336 e. The van der Waals surface area contributed by atoms with Gasteiger partial charge in [-0.25, -0.2) is 4.79 Å². The van der Waals surface area contributed by atoms with Gasteiger partial charge >= 0.3 is 6.03 Å². The second-order valence-electron chi connectivity index (χ2n) is 9.87. The molecule has 3 heterocycles. The van der Waals surface area contributed by atoms with Crippen molar-refractivity contribution in [3.05, 3.63) is 61.9 Å². The van der Waals surface area contributed by atoms with E-state index in [1.807, 2.05) is 42.3 Å². The Morgan fingerprint density at radius 1 is 1.03 bits per heavy atom. The molecular formula is C25H30Cl2N6O2S. The molecule has 0 spiro atoms. The minimum absolute atomic E-state index is 0.0720. The molecule has 0 bridgehead atoms. The lowest BCUT2D eigenvalue weighted by Gasteiger charge is -2.34. The number of benzene rings is 1. The van der Waals surface area contributed by atoms with Crippen LogP contribution in [0.4, 0.5) is 16.3 Å². The summed E-state index contributed by atoms with van der Waals surface area (Å²) in [6.07, 6.45) is 0. The van der Waals surface area contributed by atoms with E-state index in [0.29, 0.717) is 38.8 Å². The average Bonchev–Trinajstić information content (AvgIpc) is 3.36. The fourth-order valence-electron chi connectivity index (χ4n) is 3.95. The van der Waals surface area contributed by atoms with Crippen LogP contribution in [0.15, 0.2) is 36.4 Å². The Hall–Kier alpha value is -2.59. The first kappa shape index (κ1) is 26.5. The maximum Gasteiger partial charge on any atom is 0.324 e. The van der Waals surface area contributed by atoms with E-state index in [1.165, 1.54) is 11.3 Å². The number of anilines is 2. The van der Waals surface area contributed by atoms with Crippen molar-refractivity contribution < 1.29 is 9.59 Å². The number of halogens is 2. The third-order valence-electron chi connectivity index (χ3n) is 6.05. The lowest BCUT2D eigenvalue weighted by atomic mass is 9.92. The van der Waals surface area contributed by atoms with E-state index in [-0.39, 0.29) is 17.4 Å². The Morgan fingerprint density at radius 3 is 2.25 bits per heavy atom. The highest BCUT2D eigenvalue weighted by atomic mass is 35.5. The molecule has 8 nitrogen and oxygen atoms in total. The Balaban J connectivity index is 1.26. The minimum atomic E-state index is -0.320. The number of piperazine rings is 1. The summed E-state index contributed by atoms with van der Waals surface area (Å²) < 4.78 is 2.62. The van der Waals surface area contributed by atoms with Crippen LogP contribution < -0.4 is 10.6 Å². The van der Waals surface area contributed by atoms with Crippen molar-refractivity contribution in [3.63, 3.8) is 0 Å². The van der Waals surface area contributed by atoms with Crippen molar-refractivity contribution in [1.29, 1.82) is 0 Å².